The van der Waals surface area contributed by atoms with Crippen LogP contribution in [0.4, 0.5) is 0 Å². The van der Waals surface area contributed by atoms with Crippen molar-refractivity contribution in [1.29, 1.82) is 0 Å². The van der Waals surface area contributed by atoms with Gasteiger partial charge in [0, 0.05) is 6.04 Å². The van der Waals surface area contributed by atoms with E-state index in [0.717, 1.165) is 12.8 Å². The first kappa shape index (κ1) is 8.82. The highest BCUT2D eigenvalue weighted by Crippen LogP contribution is 2.16. The van der Waals surface area contributed by atoms with E-state index in [9.17, 15) is 0 Å². The summed E-state index contributed by atoms with van der Waals surface area (Å²) < 4.78 is 0. The lowest BCUT2D eigenvalue weighted by atomic mass is 9.84. The van der Waals surface area contributed by atoms with E-state index in [0.29, 0.717) is 6.04 Å². The highest BCUT2D eigenvalue weighted by Gasteiger charge is 2.14. The number of allylic oxidation sites excluding steroid dienone is 1. The van der Waals surface area contributed by atoms with Crippen molar-refractivity contribution in [2.24, 2.45) is 0 Å². The first-order chi connectivity index (χ1) is 5.18. The Morgan fingerprint density at radius 3 is 2.91 bits per heavy atom. The zero-order valence-corrected chi connectivity index (χ0v) is 7.30. The molecule has 0 unspecified atom stereocenters. The molecule has 2 nitrogen and oxygen atoms in total. The Labute approximate surface area is 68.8 Å². The van der Waals surface area contributed by atoms with Crippen LogP contribution in [0, 0.1) is 0 Å². The molecule has 11 heavy (non-hydrogen) atoms. The molecule has 0 heterocycles. The second kappa shape index (κ2) is 3.93. The summed E-state index contributed by atoms with van der Waals surface area (Å²) in [6.45, 7) is 3.93. The average molecular weight is 153 g/mol. The fourth-order valence-electron chi connectivity index (χ4n) is 1.46. The molecule has 0 radical (unpaired) electrons. The second-order valence-electron chi connectivity index (χ2n) is 3.36. The van der Waals surface area contributed by atoms with Crippen molar-refractivity contribution >= 4 is 7.05 Å². The molecule has 0 saturated heterocycles. The van der Waals surface area contributed by atoms with Gasteiger partial charge in [-0.1, -0.05) is 11.6 Å². The molecular weight excluding hydrogens is 137 g/mol. The molecule has 0 fully saturated rings. The Bertz CT molecular complexity index is 156. The number of hydrogen-bond acceptors (Lipinski definition) is 2. The molecular formula is C8H16BNO. The Morgan fingerprint density at radius 1 is 1.73 bits per heavy atom. The molecule has 0 bridgehead atoms. The smallest absolute Gasteiger partial charge is 0.373 e. The minimum Gasteiger partial charge on any atom is -0.437 e. The quantitative estimate of drug-likeness (QED) is 0.461. The third-order valence-corrected chi connectivity index (χ3v) is 2.11. The SMILES string of the molecule is CB(O)N[C@H]1CC=C(C)CC1. The summed E-state index contributed by atoms with van der Waals surface area (Å²) in [5.74, 6) is 0. The van der Waals surface area contributed by atoms with Crippen molar-refractivity contribution in [3.63, 3.8) is 0 Å². The van der Waals surface area contributed by atoms with Gasteiger partial charge < -0.3 is 10.3 Å². The summed E-state index contributed by atoms with van der Waals surface area (Å²) in [5.41, 5.74) is 1.48. The van der Waals surface area contributed by atoms with Gasteiger partial charge in [-0.15, -0.1) is 0 Å². The maximum Gasteiger partial charge on any atom is 0.373 e. The van der Waals surface area contributed by atoms with Crippen LogP contribution in [0.15, 0.2) is 11.6 Å². The topological polar surface area (TPSA) is 32.3 Å². The molecule has 1 aliphatic carbocycles. The maximum absolute atomic E-state index is 9.04. The van der Waals surface area contributed by atoms with Gasteiger partial charge >= 0.3 is 7.05 Å². The lowest BCUT2D eigenvalue weighted by Gasteiger charge is -2.22. The van der Waals surface area contributed by atoms with Crippen LogP contribution >= 0.6 is 0 Å². The summed E-state index contributed by atoms with van der Waals surface area (Å²) >= 11 is 0. The van der Waals surface area contributed by atoms with E-state index >= 15 is 0 Å². The predicted molar refractivity (Wildman–Crippen MR) is 48.4 cm³/mol. The zero-order chi connectivity index (χ0) is 8.27. The monoisotopic (exact) mass is 153 g/mol. The standard InChI is InChI=1S/C8H16BNO/c1-7-3-5-8(6-4-7)10-9(2)11/h3,8,10-11H,4-6H2,1-2H3/t8-/m0/s1. The van der Waals surface area contributed by atoms with Gasteiger partial charge in [0.05, 0.1) is 0 Å². The molecule has 0 aromatic rings. The van der Waals surface area contributed by atoms with E-state index in [2.05, 4.69) is 18.2 Å². The fourth-order valence-corrected chi connectivity index (χ4v) is 1.46. The van der Waals surface area contributed by atoms with Crippen LogP contribution in [-0.2, 0) is 0 Å². The van der Waals surface area contributed by atoms with Gasteiger partial charge in [0.25, 0.3) is 0 Å². The van der Waals surface area contributed by atoms with Gasteiger partial charge in [0.1, 0.15) is 0 Å². The summed E-state index contributed by atoms with van der Waals surface area (Å²) in [6.07, 6.45) is 5.65. The van der Waals surface area contributed by atoms with Gasteiger partial charge in [-0.2, -0.15) is 0 Å². The number of rotatable bonds is 2. The average Bonchev–Trinajstić information content (AvgIpc) is 1.93. The van der Waals surface area contributed by atoms with Crippen LogP contribution in [-0.4, -0.2) is 18.1 Å². The minimum absolute atomic E-state index is 0.369. The van der Waals surface area contributed by atoms with Crippen molar-refractivity contribution in [2.75, 3.05) is 0 Å². The molecule has 0 saturated carbocycles. The number of nitrogens with one attached hydrogen (secondary N) is 1. The predicted octanol–water partition coefficient (Wildman–Crippen LogP) is 1.19. The van der Waals surface area contributed by atoms with Crippen molar-refractivity contribution < 1.29 is 5.02 Å². The van der Waals surface area contributed by atoms with Crippen molar-refractivity contribution in [3.8, 4) is 0 Å². The fraction of sp³-hybridized carbons (Fsp3) is 0.750. The van der Waals surface area contributed by atoms with E-state index in [1.54, 1.807) is 6.82 Å². The first-order valence-electron chi connectivity index (χ1n) is 4.28. The van der Waals surface area contributed by atoms with E-state index in [1.807, 2.05) is 0 Å². The van der Waals surface area contributed by atoms with E-state index in [1.165, 1.54) is 12.0 Å². The molecule has 62 valence electrons. The Morgan fingerprint density at radius 2 is 2.45 bits per heavy atom. The third kappa shape index (κ3) is 3.08. The van der Waals surface area contributed by atoms with Crippen molar-refractivity contribution in [2.45, 2.75) is 39.1 Å². The normalized spacial score (nSPS) is 24.6. The molecule has 3 heteroatoms. The van der Waals surface area contributed by atoms with Crippen LogP contribution in [0.3, 0.4) is 0 Å². The van der Waals surface area contributed by atoms with E-state index in [-0.39, 0.29) is 7.05 Å². The molecule has 1 rings (SSSR count). The molecule has 1 atom stereocenters. The van der Waals surface area contributed by atoms with Crippen molar-refractivity contribution in [1.82, 2.24) is 5.23 Å². The third-order valence-electron chi connectivity index (χ3n) is 2.11. The van der Waals surface area contributed by atoms with Crippen LogP contribution in [0.25, 0.3) is 0 Å². The molecule has 1 aliphatic rings. The zero-order valence-electron chi connectivity index (χ0n) is 7.30. The van der Waals surface area contributed by atoms with Gasteiger partial charge in [0.15, 0.2) is 0 Å². The van der Waals surface area contributed by atoms with Gasteiger partial charge in [0.2, 0.25) is 0 Å². The molecule has 0 aromatic carbocycles. The number of hydrogen-bond donors (Lipinski definition) is 2. The molecule has 0 aliphatic heterocycles. The summed E-state index contributed by atoms with van der Waals surface area (Å²) in [4.78, 5) is 0. The largest absolute Gasteiger partial charge is 0.437 e. The van der Waals surface area contributed by atoms with Crippen LogP contribution in [0.1, 0.15) is 26.2 Å². The lowest BCUT2D eigenvalue weighted by Crippen LogP contribution is -2.40. The summed E-state index contributed by atoms with van der Waals surface area (Å²) in [7, 11) is -0.369. The molecule has 2 N–H and O–H groups in total. The van der Waals surface area contributed by atoms with E-state index < -0.39 is 0 Å². The van der Waals surface area contributed by atoms with Gasteiger partial charge in [-0.05, 0) is 33.0 Å². The molecule has 0 aromatic heterocycles. The Kier molecular flexibility index (Phi) is 3.15. The Balaban J connectivity index is 2.29. The van der Waals surface area contributed by atoms with Crippen LogP contribution in [0.5, 0.6) is 0 Å². The highest BCUT2D eigenvalue weighted by atomic mass is 16.2. The van der Waals surface area contributed by atoms with Gasteiger partial charge in [-0.3, -0.25) is 0 Å². The first-order valence-corrected chi connectivity index (χ1v) is 4.28. The van der Waals surface area contributed by atoms with Gasteiger partial charge in [-0.25, -0.2) is 0 Å². The summed E-state index contributed by atoms with van der Waals surface area (Å²) in [6, 6.07) is 0.485. The van der Waals surface area contributed by atoms with Crippen molar-refractivity contribution in [3.05, 3.63) is 11.6 Å². The van der Waals surface area contributed by atoms with E-state index in [4.69, 9.17) is 5.02 Å². The second-order valence-corrected chi connectivity index (χ2v) is 3.36. The maximum atomic E-state index is 9.04. The lowest BCUT2D eigenvalue weighted by molar-refractivity contribution is 0.486. The highest BCUT2D eigenvalue weighted by molar-refractivity contribution is 6.45. The Hall–Kier alpha value is -0.275. The summed E-state index contributed by atoms with van der Waals surface area (Å²) in [5, 5.41) is 12.2. The molecule has 0 amide bonds. The minimum atomic E-state index is -0.369. The van der Waals surface area contributed by atoms with Crippen LogP contribution in [0.2, 0.25) is 6.82 Å². The molecule has 0 spiro atoms. The van der Waals surface area contributed by atoms with Crippen LogP contribution < -0.4 is 5.23 Å².